The molecule has 0 spiro atoms. The van der Waals surface area contributed by atoms with Gasteiger partial charge >= 0.3 is 0 Å². The van der Waals surface area contributed by atoms with Crippen LogP contribution >= 0.6 is 0 Å². The molecule has 1 aliphatic rings. The lowest BCUT2D eigenvalue weighted by atomic mass is 10.1. The molecule has 2 aromatic carbocycles. The van der Waals surface area contributed by atoms with Gasteiger partial charge in [-0.15, -0.1) is 0 Å². The lowest BCUT2D eigenvalue weighted by molar-refractivity contribution is 0.102. The first-order valence-corrected chi connectivity index (χ1v) is 10.4. The van der Waals surface area contributed by atoms with Crippen molar-refractivity contribution in [3.8, 4) is 17.2 Å². The molecule has 8 nitrogen and oxygen atoms in total. The molecular weight excluding hydrogens is 396 g/mol. The second kappa shape index (κ2) is 9.26. The lowest BCUT2D eigenvalue weighted by Gasteiger charge is -2.19. The number of carbonyl (C=O) groups is 1. The molecule has 1 aliphatic heterocycles. The summed E-state index contributed by atoms with van der Waals surface area (Å²) in [6.07, 6.45) is 3.52. The topological polar surface area (TPSA) is 88.7 Å². The van der Waals surface area contributed by atoms with Crippen molar-refractivity contribution in [1.82, 2.24) is 15.1 Å². The van der Waals surface area contributed by atoms with E-state index in [4.69, 9.17) is 14.2 Å². The zero-order valence-corrected chi connectivity index (χ0v) is 18.1. The molecule has 1 aromatic heterocycles. The van der Waals surface area contributed by atoms with Gasteiger partial charge in [-0.3, -0.25) is 9.89 Å². The van der Waals surface area contributed by atoms with Crippen LogP contribution in [0, 0.1) is 0 Å². The molecule has 2 heterocycles. The van der Waals surface area contributed by atoms with Crippen LogP contribution in [0.3, 0.4) is 0 Å². The Morgan fingerprint density at radius 3 is 2.77 bits per heavy atom. The van der Waals surface area contributed by atoms with Crippen LogP contribution in [-0.4, -0.2) is 61.5 Å². The number of anilines is 1. The third kappa shape index (κ3) is 4.59. The Hall–Kier alpha value is -3.26. The van der Waals surface area contributed by atoms with Crippen molar-refractivity contribution in [2.24, 2.45) is 0 Å². The Labute approximate surface area is 181 Å². The SMILES string of the molecule is COc1ccc(C(=O)Nc2n[nH]c3cc(OCCC4CCCN4C)ccc23)cc1OC. The number of likely N-dealkylation sites (tertiary alicyclic amines) is 1. The number of ether oxygens (including phenoxy) is 3. The monoisotopic (exact) mass is 424 g/mol. The minimum atomic E-state index is -0.282. The molecule has 3 aromatic rings. The van der Waals surface area contributed by atoms with E-state index in [0.29, 0.717) is 35.5 Å². The molecule has 0 aliphatic carbocycles. The van der Waals surface area contributed by atoms with Gasteiger partial charge in [-0.2, -0.15) is 5.10 Å². The Morgan fingerprint density at radius 2 is 2.03 bits per heavy atom. The number of nitrogens with one attached hydrogen (secondary N) is 2. The zero-order valence-electron chi connectivity index (χ0n) is 18.1. The number of methoxy groups -OCH3 is 2. The maximum Gasteiger partial charge on any atom is 0.257 e. The number of H-pyrrole nitrogens is 1. The predicted octanol–water partition coefficient (Wildman–Crippen LogP) is 3.70. The number of fused-ring (bicyclic) bond motifs is 1. The summed E-state index contributed by atoms with van der Waals surface area (Å²) in [5.41, 5.74) is 1.25. The molecule has 1 atom stereocenters. The largest absolute Gasteiger partial charge is 0.493 e. The smallest absolute Gasteiger partial charge is 0.257 e. The van der Waals surface area contributed by atoms with Crippen molar-refractivity contribution >= 4 is 22.6 Å². The second-order valence-corrected chi connectivity index (χ2v) is 7.72. The maximum atomic E-state index is 12.7. The fraction of sp³-hybridized carbons (Fsp3) is 0.391. The van der Waals surface area contributed by atoms with Gasteiger partial charge in [0.25, 0.3) is 5.91 Å². The third-order valence-corrected chi connectivity index (χ3v) is 5.80. The number of hydrogen-bond acceptors (Lipinski definition) is 6. The van der Waals surface area contributed by atoms with E-state index in [0.717, 1.165) is 23.1 Å². The van der Waals surface area contributed by atoms with Gasteiger partial charge in [0.1, 0.15) is 5.75 Å². The Balaban J connectivity index is 1.41. The molecule has 1 fully saturated rings. The molecule has 8 heteroatoms. The van der Waals surface area contributed by atoms with Crippen LogP contribution in [0.25, 0.3) is 10.9 Å². The second-order valence-electron chi connectivity index (χ2n) is 7.72. The van der Waals surface area contributed by atoms with Gasteiger partial charge in [0, 0.05) is 23.1 Å². The van der Waals surface area contributed by atoms with Gasteiger partial charge in [0.05, 0.1) is 26.3 Å². The average molecular weight is 425 g/mol. The van der Waals surface area contributed by atoms with E-state index in [1.165, 1.54) is 26.5 Å². The van der Waals surface area contributed by atoms with Crippen LogP contribution in [0.5, 0.6) is 17.2 Å². The van der Waals surface area contributed by atoms with E-state index in [-0.39, 0.29) is 5.91 Å². The van der Waals surface area contributed by atoms with Crippen molar-refractivity contribution in [3.05, 3.63) is 42.0 Å². The van der Waals surface area contributed by atoms with Crippen LogP contribution in [0.2, 0.25) is 0 Å². The van der Waals surface area contributed by atoms with Crippen molar-refractivity contribution in [2.45, 2.75) is 25.3 Å². The highest BCUT2D eigenvalue weighted by molar-refractivity contribution is 6.08. The van der Waals surface area contributed by atoms with Crippen LogP contribution < -0.4 is 19.5 Å². The summed E-state index contributed by atoms with van der Waals surface area (Å²) >= 11 is 0. The number of hydrogen-bond donors (Lipinski definition) is 2. The molecule has 1 saturated heterocycles. The standard InChI is InChI=1S/C23H28N4O4/c1-27-11-4-5-16(27)10-12-31-17-7-8-18-19(14-17)25-26-22(18)24-23(28)15-6-9-20(29-2)21(13-15)30-3/h6-9,13-14,16H,4-5,10-12H2,1-3H3,(H2,24,25,26,28). The molecule has 2 N–H and O–H groups in total. The molecule has 1 amide bonds. The Bertz CT molecular complexity index is 1060. The van der Waals surface area contributed by atoms with Gasteiger partial charge in [-0.25, -0.2) is 0 Å². The molecular formula is C23H28N4O4. The molecule has 0 radical (unpaired) electrons. The Morgan fingerprint density at radius 1 is 1.19 bits per heavy atom. The van der Waals surface area contributed by atoms with Gasteiger partial charge in [0.15, 0.2) is 17.3 Å². The molecule has 0 saturated carbocycles. The number of aromatic amines is 1. The third-order valence-electron chi connectivity index (χ3n) is 5.80. The van der Waals surface area contributed by atoms with Crippen LogP contribution in [0.1, 0.15) is 29.6 Å². The van der Waals surface area contributed by atoms with Crippen molar-refractivity contribution in [3.63, 3.8) is 0 Å². The van der Waals surface area contributed by atoms with Gasteiger partial charge in [-0.1, -0.05) is 0 Å². The quantitative estimate of drug-likeness (QED) is 0.573. The number of aromatic nitrogens is 2. The fourth-order valence-electron chi connectivity index (χ4n) is 4.00. The molecule has 4 rings (SSSR count). The van der Waals surface area contributed by atoms with Crippen molar-refractivity contribution in [1.29, 1.82) is 0 Å². The first kappa shape index (κ1) is 21.0. The summed E-state index contributed by atoms with van der Waals surface area (Å²) in [6.45, 7) is 1.85. The van der Waals surface area contributed by atoms with E-state index in [1.807, 2.05) is 18.2 Å². The molecule has 1 unspecified atom stereocenters. The molecule has 31 heavy (non-hydrogen) atoms. The van der Waals surface area contributed by atoms with Gasteiger partial charge in [0.2, 0.25) is 0 Å². The van der Waals surface area contributed by atoms with E-state index < -0.39 is 0 Å². The van der Waals surface area contributed by atoms with Crippen LogP contribution in [-0.2, 0) is 0 Å². The number of benzene rings is 2. The first-order valence-electron chi connectivity index (χ1n) is 10.4. The summed E-state index contributed by atoms with van der Waals surface area (Å²) in [4.78, 5) is 15.1. The van der Waals surface area contributed by atoms with E-state index in [1.54, 1.807) is 25.3 Å². The summed E-state index contributed by atoms with van der Waals surface area (Å²) in [5.74, 6) is 2.03. The maximum absolute atomic E-state index is 12.7. The van der Waals surface area contributed by atoms with Crippen molar-refractivity contribution in [2.75, 3.05) is 39.7 Å². The Kier molecular flexibility index (Phi) is 6.27. The number of rotatable bonds is 8. The fourth-order valence-corrected chi connectivity index (χ4v) is 4.00. The molecule has 164 valence electrons. The normalized spacial score (nSPS) is 16.4. The molecule has 0 bridgehead atoms. The van der Waals surface area contributed by atoms with Crippen LogP contribution in [0.4, 0.5) is 5.82 Å². The first-order chi connectivity index (χ1) is 15.1. The van der Waals surface area contributed by atoms with Crippen molar-refractivity contribution < 1.29 is 19.0 Å². The lowest BCUT2D eigenvalue weighted by Crippen LogP contribution is -2.26. The highest BCUT2D eigenvalue weighted by Gasteiger charge is 2.20. The summed E-state index contributed by atoms with van der Waals surface area (Å²) in [6, 6.07) is 11.3. The number of amides is 1. The van der Waals surface area contributed by atoms with Gasteiger partial charge < -0.3 is 24.4 Å². The van der Waals surface area contributed by atoms with Crippen LogP contribution in [0.15, 0.2) is 36.4 Å². The highest BCUT2D eigenvalue weighted by Crippen LogP contribution is 2.29. The summed E-state index contributed by atoms with van der Waals surface area (Å²) < 4.78 is 16.4. The summed E-state index contributed by atoms with van der Waals surface area (Å²) in [7, 11) is 5.26. The minimum Gasteiger partial charge on any atom is -0.493 e. The van der Waals surface area contributed by atoms with E-state index in [9.17, 15) is 4.79 Å². The van der Waals surface area contributed by atoms with E-state index in [2.05, 4.69) is 27.5 Å². The highest BCUT2D eigenvalue weighted by atomic mass is 16.5. The number of carbonyl (C=O) groups excluding carboxylic acids is 1. The predicted molar refractivity (Wildman–Crippen MR) is 119 cm³/mol. The number of nitrogens with zero attached hydrogens (tertiary/aromatic N) is 2. The van der Waals surface area contributed by atoms with E-state index >= 15 is 0 Å². The minimum absolute atomic E-state index is 0.282. The summed E-state index contributed by atoms with van der Waals surface area (Å²) in [5, 5.41) is 10.9. The van der Waals surface area contributed by atoms with Gasteiger partial charge in [-0.05, 0) is 63.2 Å². The zero-order chi connectivity index (χ0) is 21.8. The average Bonchev–Trinajstić information content (AvgIpc) is 3.38.